The Morgan fingerprint density at radius 1 is 0.960 bits per heavy atom. The fraction of sp³-hybridized carbons (Fsp3) is 0.105. The zero-order chi connectivity index (χ0) is 17.3. The van der Waals surface area contributed by atoms with Crippen molar-refractivity contribution >= 4 is 23.3 Å². The molecule has 2 aromatic carbocycles. The normalized spacial score (nSPS) is 16.1. The third kappa shape index (κ3) is 2.51. The monoisotopic (exact) mass is 349 g/mol. The molecule has 0 bridgehead atoms. The van der Waals surface area contributed by atoms with Gasteiger partial charge < -0.3 is 5.32 Å². The summed E-state index contributed by atoms with van der Waals surface area (Å²) in [6.07, 6.45) is 1.67. The smallest absolute Gasteiger partial charge is 0.315 e. The van der Waals surface area contributed by atoms with E-state index in [2.05, 4.69) is 10.3 Å². The Morgan fingerprint density at radius 3 is 2.08 bits per heavy atom. The van der Waals surface area contributed by atoms with E-state index >= 15 is 0 Å². The lowest BCUT2D eigenvalue weighted by atomic mass is 9.82. The van der Waals surface area contributed by atoms with Crippen molar-refractivity contribution in [1.29, 1.82) is 0 Å². The zero-order valence-corrected chi connectivity index (χ0v) is 14.1. The highest BCUT2D eigenvalue weighted by Gasteiger charge is 2.53. The Morgan fingerprint density at radius 2 is 1.56 bits per heavy atom. The molecule has 3 aromatic rings. The molecule has 4 rings (SSSR count). The number of rotatable bonds is 4. The highest BCUT2D eigenvalue weighted by atomic mass is 32.1. The first-order valence-electron chi connectivity index (χ1n) is 7.85. The van der Waals surface area contributed by atoms with Gasteiger partial charge in [-0.05, 0) is 11.1 Å². The fourth-order valence-corrected chi connectivity index (χ4v) is 3.72. The first kappa shape index (κ1) is 15.5. The molecule has 1 aromatic heterocycles. The van der Waals surface area contributed by atoms with Crippen LogP contribution in [0.15, 0.2) is 72.2 Å². The summed E-state index contributed by atoms with van der Waals surface area (Å²) in [5, 5.41) is 5.48. The third-order valence-corrected chi connectivity index (χ3v) is 5.06. The highest BCUT2D eigenvalue weighted by molar-refractivity contribution is 7.09. The number of carbonyl (C=O) groups is 2. The molecule has 6 heteroatoms. The molecule has 0 atom stereocenters. The molecule has 1 fully saturated rings. The van der Waals surface area contributed by atoms with E-state index in [0.29, 0.717) is 0 Å². The second-order valence-electron chi connectivity index (χ2n) is 5.73. The van der Waals surface area contributed by atoms with Gasteiger partial charge in [-0.25, -0.2) is 9.78 Å². The number of hydrogen-bond acceptors (Lipinski definition) is 4. The van der Waals surface area contributed by atoms with Crippen molar-refractivity contribution in [2.75, 3.05) is 0 Å². The van der Waals surface area contributed by atoms with Crippen LogP contribution in [0.25, 0.3) is 0 Å². The Balaban J connectivity index is 1.82. The van der Waals surface area contributed by atoms with Crippen LogP contribution < -0.4 is 5.32 Å². The van der Waals surface area contributed by atoms with Crippen LogP contribution in [0, 0.1) is 0 Å². The summed E-state index contributed by atoms with van der Waals surface area (Å²) in [5.41, 5.74) is 0.263. The van der Waals surface area contributed by atoms with Crippen LogP contribution in [-0.2, 0) is 16.9 Å². The van der Waals surface area contributed by atoms with Gasteiger partial charge >= 0.3 is 6.03 Å². The molecule has 25 heavy (non-hydrogen) atoms. The van der Waals surface area contributed by atoms with Gasteiger partial charge in [0.05, 0.1) is 6.54 Å². The molecule has 2 heterocycles. The van der Waals surface area contributed by atoms with Gasteiger partial charge in [0.25, 0.3) is 5.91 Å². The molecule has 0 radical (unpaired) electrons. The largest absolute Gasteiger partial charge is 0.325 e. The van der Waals surface area contributed by atoms with Crippen LogP contribution in [0.3, 0.4) is 0 Å². The Hall–Kier alpha value is -2.99. The van der Waals surface area contributed by atoms with Crippen molar-refractivity contribution in [2.24, 2.45) is 0 Å². The quantitative estimate of drug-likeness (QED) is 0.736. The van der Waals surface area contributed by atoms with Crippen molar-refractivity contribution in [1.82, 2.24) is 15.2 Å². The molecule has 1 saturated heterocycles. The third-order valence-electron chi connectivity index (χ3n) is 4.30. The Labute approximate surface area is 148 Å². The second kappa shape index (κ2) is 6.14. The molecule has 0 aliphatic carbocycles. The van der Waals surface area contributed by atoms with E-state index in [0.717, 1.165) is 16.1 Å². The van der Waals surface area contributed by atoms with Crippen LogP contribution in [0.5, 0.6) is 0 Å². The van der Waals surface area contributed by atoms with Crippen molar-refractivity contribution in [3.63, 3.8) is 0 Å². The maximum Gasteiger partial charge on any atom is 0.325 e. The van der Waals surface area contributed by atoms with Crippen LogP contribution >= 0.6 is 11.3 Å². The van der Waals surface area contributed by atoms with Crippen molar-refractivity contribution in [3.8, 4) is 0 Å². The number of amides is 3. The minimum atomic E-state index is -1.21. The molecule has 3 amide bonds. The maximum absolute atomic E-state index is 13.4. The number of urea groups is 1. The minimum absolute atomic E-state index is 0.170. The minimum Gasteiger partial charge on any atom is -0.315 e. The van der Waals surface area contributed by atoms with Crippen LogP contribution in [0.2, 0.25) is 0 Å². The lowest BCUT2D eigenvalue weighted by Gasteiger charge is -2.27. The predicted molar refractivity (Wildman–Crippen MR) is 94.9 cm³/mol. The van der Waals surface area contributed by atoms with Gasteiger partial charge in [0.2, 0.25) is 0 Å². The maximum atomic E-state index is 13.4. The molecule has 5 nitrogen and oxygen atoms in total. The predicted octanol–water partition coefficient (Wildman–Crippen LogP) is 3.14. The van der Waals surface area contributed by atoms with E-state index in [1.165, 1.54) is 16.2 Å². The second-order valence-corrected chi connectivity index (χ2v) is 6.71. The summed E-state index contributed by atoms with van der Waals surface area (Å²) in [6.45, 7) is 0.170. The van der Waals surface area contributed by atoms with Gasteiger partial charge in [0.15, 0.2) is 5.54 Å². The number of imide groups is 1. The lowest BCUT2D eigenvalue weighted by molar-refractivity contribution is -0.130. The number of nitrogens with zero attached hydrogens (tertiary/aromatic N) is 2. The summed E-state index contributed by atoms with van der Waals surface area (Å²) in [6, 6.07) is 18.3. The van der Waals surface area contributed by atoms with Gasteiger partial charge in [-0.1, -0.05) is 60.7 Å². The van der Waals surface area contributed by atoms with E-state index in [9.17, 15) is 9.59 Å². The van der Waals surface area contributed by atoms with Crippen molar-refractivity contribution < 1.29 is 9.59 Å². The molecular formula is C19H15N3O2S. The topological polar surface area (TPSA) is 62.3 Å². The molecule has 0 unspecified atom stereocenters. The number of aromatic nitrogens is 1. The van der Waals surface area contributed by atoms with Crippen LogP contribution in [0.4, 0.5) is 4.79 Å². The molecule has 1 N–H and O–H groups in total. The molecule has 1 aliphatic rings. The standard InChI is InChI=1S/C19H15N3O2S/c23-17-19(14-7-3-1-4-8-14,15-9-5-2-6-10-15)21-18(24)22(17)13-16-20-11-12-25-16/h1-12H,13H2,(H,21,24). The van der Waals surface area contributed by atoms with Crippen molar-refractivity contribution in [3.05, 3.63) is 88.4 Å². The first-order chi connectivity index (χ1) is 12.2. The number of benzene rings is 2. The van der Waals surface area contributed by atoms with Gasteiger partial charge in [0.1, 0.15) is 5.01 Å². The van der Waals surface area contributed by atoms with E-state index in [-0.39, 0.29) is 12.5 Å². The summed E-state index contributed by atoms with van der Waals surface area (Å²) in [7, 11) is 0. The fourth-order valence-electron chi connectivity index (χ4n) is 3.12. The molecule has 124 valence electrons. The summed E-state index contributed by atoms with van der Waals surface area (Å²) in [5.74, 6) is -0.287. The van der Waals surface area contributed by atoms with E-state index in [1.807, 2.05) is 66.0 Å². The number of thiazole rings is 1. The van der Waals surface area contributed by atoms with Crippen molar-refractivity contribution in [2.45, 2.75) is 12.1 Å². The Bertz CT molecular complexity index is 855. The number of carbonyl (C=O) groups excluding carboxylic acids is 2. The lowest BCUT2D eigenvalue weighted by Crippen LogP contribution is -2.45. The molecule has 1 aliphatic heterocycles. The number of nitrogens with one attached hydrogen (secondary N) is 1. The van der Waals surface area contributed by atoms with Crippen LogP contribution in [-0.4, -0.2) is 21.8 Å². The first-order valence-corrected chi connectivity index (χ1v) is 8.73. The van der Waals surface area contributed by atoms with E-state index in [4.69, 9.17) is 0 Å². The molecule has 0 saturated carbocycles. The average molecular weight is 349 g/mol. The van der Waals surface area contributed by atoms with E-state index in [1.54, 1.807) is 6.20 Å². The molecular weight excluding hydrogens is 334 g/mol. The van der Waals surface area contributed by atoms with Crippen LogP contribution in [0.1, 0.15) is 16.1 Å². The van der Waals surface area contributed by atoms with Gasteiger partial charge in [-0.3, -0.25) is 9.69 Å². The summed E-state index contributed by atoms with van der Waals surface area (Å²) >= 11 is 1.42. The zero-order valence-electron chi connectivity index (χ0n) is 13.3. The SMILES string of the molecule is O=C1NC(c2ccccc2)(c2ccccc2)C(=O)N1Cc1nccs1. The highest BCUT2D eigenvalue weighted by Crippen LogP contribution is 2.36. The van der Waals surface area contributed by atoms with Gasteiger partial charge in [-0.2, -0.15) is 0 Å². The molecule has 0 spiro atoms. The summed E-state index contributed by atoms with van der Waals surface area (Å²) in [4.78, 5) is 31.4. The number of hydrogen-bond donors (Lipinski definition) is 1. The summed E-state index contributed by atoms with van der Waals surface area (Å²) < 4.78 is 0. The van der Waals surface area contributed by atoms with Gasteiger partial charge in [-0.15, -0.1) is 11.3 Å². The average Bonchev–Trinajstić information content (AvgIpc) is 3.26. The van der Waals surface area contributed by atoms with E-state index < -0.39 is 11.6 Å². The Kier molecular flexibility index (Phi) is 3.82. The van der Waals surface area contributed by atoms with Gasteiger partial charge in [0, 0.05) is 11.6 Å².